The lowest BCUT2D eigenvalue weighted by atomic mass is 10.1. The third kappa shape index (κ3) is 5.85. The first-order chi connectivity index (χ1) is 10.1. The molecule has 6 heteroatoms. The zero-order valence-electron chi connectivity index (χ0n) is 12.3. The zero-order chi connectivity index (χ0) is 15.7. The molecule has 0 aliphatic carbocycles. The molecule has 0 N–H and O–H groups in total. The number of amides is 1. The second-order valence-electron chi connectivity index (χ2n) is 4.44. The highest BCUT2D eigenvalue weighted by molar-refractivity contribution is 9.08. The molecule has 0 heterocycles. The standard InChI is InChI=1S/C15H20BrNO4/c1-20-10-9-17(8-7-14(18)21-2)15(19)13-5-3-12(11-16)4-6-13/h3-6H,7-11H2,1-2H3. The van der Waals surface area contributed by atoms with E-state index in [1.807, 2.05) is 12.1 Å². The number of esters is 1. The van der Waals surface area contributed by atoms with Crippen LogP contribution in [0.2, 0.25) is 0 Å². The molecule has 0 fully saturated rings. The Balaban J connectivity index is 2.74. The molecular weight excluding hydrogens is 338 g/mol. The number of benzene rings is 1. The van der Waals surface area contributed by atoms with Crippen LogP contribution in [0.5, 0.6) is 0 Å². The Kier molecular flexibility index (Phi) is 8.00. The minimum absolute atomic E-state index is 0.114. The summed E-state index contributed by atoms with van der Waals surface area (Å²) >= 11 is 3.37. The lowest BCUT2D eigenvalue weighted by molar-refractivity contribution is -0.140. The van der Waals surface area contributed by atoms with E-state index in [0.29, 0.717) is 25.3 Å². The van der Waals surface area contributed by atoms with Gasteiger partial charge in [-0.25, -0.2) is 0 Å². The first kappa shape index (κ1) is 17.7. The molecule has 0 saturated carbocycles. The van der Waals surface area contributed by atoms with Gasteiger partial charge in [0.2, 0.25) is 0 Å². The molecule has 0 bridgehead atoms. The summed E-state index contributed by atoms with van der Waals surface area (Å²) in [4.78, 5) is 25.3. The van der Waals surface area contributed by atoms with E-state index in [4.69, 9.17) is 4.74 Å². The average molecular weight is 358 g/mol. The number of carbonyl (C=O) groups is 2. The van der Waals surface area contributed by atoms with Crippen LogP contribution in [0.4, 0.5) is 0 Å². The highest BCUT2D eigenvalue weighted by Gasteiger charge is 2.16. The summed E-state index contributed by atoms with van der Waals surface area (Å²) < 4.78 is 9.62. The van der Waals surface area contributed by atoms with Gasteiger partial charge in [-0.1, -0.05) is 28.1 Å². The first-order valence-electron chi connectivity index (χ1n) is 6.62. The molecule has 0 aromatic heterocycles. The minimum Gasteiger partial charge on any atom is -0.469 e. The Morgan fingerprint density at radius 1 is 1.14 bits per heavy atom. The van der Waals surface area contributed by atoms with Crippen molar-refractivity contribution < 1.29 is 19.1 Å². The van der Waals surface area contributed by atoms with Gasteiger partial charge in [0.05, 0.1) is 20.1 Å². The maximum absolute atomic E-state index is 12.5. The van der Waals surface area contributed by atoms with Crippen molar-refractivity contribution in [1.29, 1.82) is 0 Å². The molecule has 0 aliphatic rings. The number of hydrogen-bond donors (Lipinski definition) is 0. The lowest BCUT2D eigenvalue weighted by Gasteiger charge is -2.22. The summed E-state index contributed by atoms with van der Waals surface area (Å²) in [6, 6.07) is 7.38. The number of rotatable bonds is 8. The molecule has 0 radical (unpaired) electrons. The van der Waals surface area contributed by atoms with Crippen molar-refractivity contribution in [2.45, 2.75) is 11.8 Å². The van der Waals surface area contributed by atoms with E-state index in [0.717, 1.165) is 10.9 Å². The van der Waals surface area contributed by atoms with Crippen LogP contribution in [-0.4, -0.2) is 50.7 Å². The SMILES string of the molecule is COCCN(CCC(=O)OC)C(=O)c1ccc(CBr)cc1. The van der Waals surface area contributed by atoms with E-state index in [9.17, 15) is 9.59 Å². The molecular formula is C15H20BrNO4. The van der Waals surface area contributed by atoms with Gasteiger partial charge in [-0.15, -0.1) is 0 Å². The third-order valence-corrected chi connectivity index (χ3v) is 3.67. The van der Waals surface area contributed by atoms with Crippen LogP contribution in [0, 0.1) is 0 Å². The summed E-state index contributed by atoms with van der Waals surface area (Å²) in [5.41, 5.74) is 1.70. The molecule has 5 nitrogen and oxygen atoms in total. The van der Waals surface area contributed by atoms with E-state index in [1.54, 1.807) is 24.1 Å². The van der Waals surface area contributed by atoms with Gasteiger partial charge >= 0.3 is 5.97 Å². The predicted molar refractivity (Wildman–Crippen MR) is 83.5 cm³/mol. The second-order valence-corrected chi connectivity index (χ2v) is 5.00. The number of hydrogen-bond acceptors (Lipinski definition) is 4. The van der Waals surface area contributed by atoms with Gasteiger partial charge < -0.3 is 14.4 Å². The Morgan fingerprint density at radius 3 is 2.33 bits per heavy atom. The summed E-state index contributed by atoms with van der Waals surface area (Å²) in [6.45, 7) is 1.17. The van der Waals surface area contributed by atoms with Crippen LogP contribution in [0.25, 0.3) is 0 Å². The molecule has 116 valence electrons. The quantitative estimate of drug-likeness (QED) is 0.528. The smallest absolute Gasteiger partial charge is 0.307 e. The maximum atomic E-state index is 12.5. The second kappa shape index (κ2) is 9.52. The van der Waals surface area contributed by atoms with Crippen LogP contribution in [0.15, 0.2) is 24.3 Å². The topological polar surface area (TPSA) is 55.8 Å². The van der Waals surface area contributed by atoms with Crippen molar-refractivity contribution in [3.63, 3.8) is 0 Å². The van der Waals surface area contributed by atoms with Crippen LogP contribution >= 0.6 is 15.9 Å². The largest absolute Gasteiger partial charge is 0.469 e. The number of halogens is 1. The molecule has 0 spiro atoms. The van der Waals surface area contributed by atoms with E-state index < -0.39 is 0 Å². The van der Waals surface area contributed by atoms with Crippen molar-refractivity contribution >= 4 is 27.8 Å². The predicted octanol–water partition coefficient (Wildman–Crippen LogP) is 2.23. The van der Waals surface area contributed by atoms with Gasteiger partial charge in [0.1, 0.15) is 0 Å². The minimum atomic E-state index is -0.333. The van der Waals surface area contributed by atoms with E-state index in [1.165, 1.54) is 7.11 Å². The summed E-state index contributed by atoms with van der Waals surface area (Å²) in [6.07, 6.45) is 0.172. The highest BCUT2D eigenvalue weighted by atomic mass is 79.9. The number of carbonyl (C=O) groups excluding carboxylic acids is 2. The zero-order valence-corrected chi connectivity index (χ0v) is 13.9. The molecule has 21 heavy (non-hydrogen) atoms. The van der Waals surface area contributed by atoms with Crippen molar-refractivity contribution in [3.8, 4) is 0 Å². The van der Waals surface area contributed by atoms with Gasteiger partial charge in [0, 0.05) is 31.1 Å². The number of methoxy groups -OCH3 is 2. The van der Waals surface area contributed by atoms with Gasteiger partial charge in [0.25, 0.3) is 5.91 Å². The van der Waals surface area contributed by atoms with Gasteiger partial charge in [-0.2, -0.15) is 0 Å². The van der Waals surface area contributed by atoms with E-state index in [-0.39, 0.29) is 18.3 Å². The Labute approximate surface area is 133 Å². The molecule has 0 unspecified atom stereocenters. The Hall–Kier alpha value is -1.40. The maximum Gasteiger partial charge on any atom is 0.307 e. The first-order valence-corrected chi connectivity index (χ1v) is 7.74. The summed E-state index contributed by atoms with van der Waals surface area (Å²) in [5.74, 6) is -0.447. The molecule has 0 atom stereocenters. The number of ether oxygens (including phenoxy) is 2. The normalized spacial score (nSPS) is 10.2. The number of alkyl halides is 1. The molecule has 0 saturated heterocycles. The van der Waals surface area contributed by atoms with Crippen molar-refractivity contribution in [2.75, 3.05) is 33.9 Å². The fourth-order valence-electron chi connectivity index (χ4n) is 1.76. The van der Waals surface area contributed by atoms with Crippen LogP contribution < -0.4 is 0 Å². The molecule has 1 rings (SSSR count). The highest BCUT2D eigenvalue weighted by Crippen LogP contribution is 2.11. The summed E-state index contributed by atoms with van der Waals surface area (Å²) in [5, 5.41) is 0.747. The molecule has 0 aliphatic heterocycles. The molecule has 1 amide bonds. The average Bonchev–Trinajstić information content (AvgIpc) is 2.54. The fraction of sp³-hybridized carbons (Fsp3) is 0.467. The van der Waals surface area contributed by atoms with Gasteiger partial charge in [0.15, 0.2) is 0 Å². The van der Waals surface area contributed by atoms with Crippen molar-refractivity contribution in [1.82, 2.24) is 4.90 Å². The lowest BCUT2D eigenvalue weighted by Crippen LogP contribution is -2.35. The Bertz CT molecular complexity index is 461. The molecule has 1 aromatic rings. The third-order valence-electron chi connectivity index (χ3n) is 3.02. The van der Waals surface area contributed by atoms with Crippen LogP contribution in [-0.2, 0) is 19.6 Å². The van der Waals surface area contributed by atoms with Gasteiger partial charge in [-0.3, -0.25) is 9.59 Å². The van der Waals surface area contributed by atoms with E-state index >= 15 is 0 Å². The van der Waals surface area contributed by atoms with Crippen molar-refractivity contribution in [2.24, 2.45) is 0 Å². The Morgan fingerprint density at radius 2 is 1.81 bits per heavy atom. The summed E-state index contributed by atoms with van der Waals surface area (Å²) in [7, 11) is 2.91. The fourth-order valence-corrected chi connectivity index (χ4v) is 2.14. The van der Waals surface area contributed by atoms with E-state index in [2.05, 4.69) is 20.7 Å². The van der Waals surface area contributed by atoms with Gasteiger partial charge in [-0.05, 0) is 17.7 Å². The molecule has 1 aromatic carbocycles. The van der Waals surface area contributed by atoms with Crippen molar-refractivity contribution in [3.05, 3.63) is 35.4 Å². The van der Waals surface area contributed by atoms with Crippen LogP contribution in [0.3, 0.4) is 0 Å². The monoisotopic (exact) mass is 357 g/mol. The van der Waals surface area contributed by atoms with Crippen LogP contribution in [0.1, 0.15) is 22.3 Å². The number of nitrogens with zero attached hydrogens (tertiary/aromatic N) is 1.